The molecule has 4 rings (SSSR count). The molecule has 1 unspecified atom stereocenters. The highest BCUT2D eigenvalue weighted by molar-refractivity contribution is 7.98. The molecule has 9 nitrogen and oxygen atoms in total. The molecule has 0 aliphatic carbocycles. The van der Waals surface area contributed by atoms with Gasteiger partial charge in [0.15, 0.2) is 0 Å². The summed E-state index contributed by atoms with van der Waals surface area (Å²) in [6.07, 6.45) is 2.13. The van der Waals surface area contributed by atoms with Gasteiger partial charge in [0.05, 0.1) is 24.3 Å². The van der Waals surface area contributed by atoms with Gasteiger partial charge in [-0.2, -0.15) is 0 Å². The molecule has 49 heavy (non-hydrogen) atoms. The molecule has 1 atom stereocenters. The van der Waals surface area contributed by atoms with Gasteiger partial charge in [-0.15, -0.1) is 11.8 Å². The average molecular weight is 704 g/mol. The third-order valence-corrected chi connectivity index (χ3v) is 10.3. The zero-order valence-electron chi connectivity index (χ0n) is 28.7. The maximum atomic E-state index is 14.8. The van der Waals surface area contributed by atoms with Gasteiger partial charge < -0.3 is 19.7 Å². The molecule has 0 fully saturated rings. The molecule has 0 saturated carbocycles. The monoisotopic (exact) mass is 703 g/mol. The van der Waals surface area contributed by atoms with E-state index in [-0.39, 0.29) is 35.4 Å². The Morgan fingerprint density at radius 1 is 0.878 bits per heavy atom. The lowest BCUT2D eigenvalue weighted by atomic mass is 10.0. The number of thioether (sulfide) groups is 1. The van der Waals surface area contributed by atoms with Crippen LogP contribution in [0.3, 0.4) is 0 Å². The molecule has 260 valence electrons. The SMILES string of the molecule is CCOc1ccccc1N(CC(=O)N(Cc1cccc(OC)c1)C(Cc1ccccc1)C(=O)NCC(C)C)S(=O)(=O)c1ccc(SC)cc1. The number of anilines is 1. The second-order valence-electron chi connectivity index (χ2n) is 11.8. The van der Waals surface area contributed by atoms with E-state index in [1.807, 2.05) is 69.5 Å². The number of amides is 2. The van der Waals surface area contributed by atoms with E-state index in [9.17, 15) is 18.0 Å². The molecular weight excluding hydrogens is 659 g/mol. The van der Waals surface area contributed by atoms with Crippen LogP contribution in [0.4, 0.5) is 5.69 Å². The minimum atomic E-state index is -4.28. The molecule has 0 aliphatic heterocycles. The molecule has 0 saturated heterocycles. The molecule has 4 aromatic carbocycles. The van der Waals surface area contributed by atoms with Crippen LogP contribution in [0.15, 0.2) is 113 Å². The van der Waals surface area contributed by atoms with E-state index < -0.39 is 28.5 Å². The summed E-state index contributed by atoms with van der Waals surface area (Å²) in [6, 6.07) is 29.1. The van der Waals surface area contributed by atoms with E-state index in [0.717, 1.165) is 20.3 Å². The third kappa shape index (κ3) is 10.0. The standard InChI is InChI=1S/C38H45N3O6S2/c1-6-47-36-18-11-10-17-34(36)41(49(44,45)33-21-19-32(48-5)20-22-33)27-37(42)40(26-30-15-12-16-31(23-30)46-4)35(38(43)39-25-28(2)3)24-29-13-8-7-9-14-29/h7-23,28,35H,6,24-27H2,1-5H3,(H,39,43). The highest BCUT2D eigenvalue weighted by atomic mass is 32.2. The fourth-order valence-corrected chi connectivity index (χ4v) is 7.11. The Kier molecular flexibility index (Phi) is 13.6. The predicted octanol–water partition coefficient (Wildman–Crippen LogP) is 6.42. The van der Waals surface area contributed by atoms with Gasteiger partial charge in [0.1, 0.15) is 24.1 Å². The Hall–Kier alpha value is -4.48. The first-order valence-corrected chi connectivity index (χ1v) is 18.9. The van der Waals surface area contributed by atoms with E-state index >= 15 is 0 Å². The Morgan fingerprint density at radius 2 is 1.55 bits per heavy atom. The fourth-order valence-electron chi connectivity index (χ4n) is 5.27. The van der Waals surface area contributed by atoms with Crippen LogP contribution in [0.5, 0.6) is 11.5 Å². The molecule has 0 heterocycles. The van der Waals surface area contributed by atoms with Gasteiger partial charge in [-0.05, 0) is 78.8 Å². The van der Waals surface area contributed by atoms with Crippen molar-refractivity contribution in [3.8, 4) is 11.5 Å². The van der Waals surface area contributed by atoms with Crippen molar-refractivity contribution in [3.05, 3.63) is 114 Å². The zero-order valence-corrected chi connectivity index (χ0v) is 30.3. The molecule has 0 aromatic heterocycles. The summed E-state index contributed by atoms with van der Waals surface area (Å²) in [5.74, 6) is 0.205. The van der Waals surface area contributed by atoms with Crippen LogP contribution in [0.25, 0.3) is 0 Å². The Morgan fingerprint density at radius 3 is 2.20 bits per heavy atom. The molecule has 4 aromatic rings. The van der Waals surface area contributed by atoms with Crippen molar-refractivity contribution in [2.24, 2.45) is 5.92 Å². The van der Waals surface area contributed by atoms with Crippen LogP contribution in [-0.2, 0) is 32.6 Å². The molecule has 11 heteroatoms. The number of ether oxygens (including phenoxy) is 2. The minimum absolute atomic E-state index is 0.0271. The van der Waals surface area contributed by atoms with Gasteiger partial charge in [0.2, 0.25) is 11.8 Å². The normalized spacial score (nSPS) is 11.9. The van der Waals surface area contributed by atoms with Gasteiger partial charge in [-0.25, -0.2) is 8.42 Å². The van der Waals surface area contributed by atoms with Gasteiger partial charge in [-0.1, -0.05) is 68.4 Å². The Labute approximate surface area is 294 Å². The first kappa shape index (κ1) is 37.3. The summed E-state index contributed by atoms with van der Waals surface area (Å²) in [6.45, 7) is 5.96. The molecular formula is C38H45N3O6S2. The number of nitrogens with zero attached hydrogens (tertiary/aromatic N) is 2. The first-order valence-electron chi connectivity index (χ1n) is 16.2. The predicted molar refractivity (Wildman–Crippen MR) is 196 cm³/mol. The highest BCUT2D eigenvalue weighted by Gasteiger charge is 2.35. The van der Waals surface area contributed by atoms with E-state index in [0.29, 0.717) is 24.7 Å². The fraction of sp³-hybridized carbons (Fsp3) is 0.316. The van der Waals surface area contributed by atoms with Crippen molar-refractivity contribution >= 4 is 39.3 Å². The van der Waals surface area contributed by atoms with Crippen molar-refractivity contribution in [1.29, 1.82) is 0 Å². The number of sulfonamides is 1. The summed E-state index contributed by atoms with van der Waals surface area (Å²) in [5.41, 5.74) is 1.80. The summed E-state index contributed by atoms with van der Waals surface area (Å²) in [7, 11) is -2.72. The summed E-state index contributed by atoms with van der Waals surface area (Å²) >= 11 is 1.50. The van der Waals surface area contributed by atoms with Gasteiger partial charge in [0.25, 0.3) is 10.0 Å². The Bertz CT molecular complexity index is 1780. The van der Waals surface area contributed by atoms with E-state index in [2.05, 4.69) is 5.32 Å². The lowest BCUT2D eigenvalue weighted by molar-refractivity contribution is -0.140. The number of methoxy groups -OCH3 is 1. The van der Waals surface area contributed by atoms with Crippen LogP contribution in [0.1, 0.15) is 31.9 Å². The number of carbonyl (C=O) groups is 2. The van der Waals surface area contributed by atoms with E-state index in [1.165, 1.54) is 28.8 Å². The Balaban J connectivity index is 1.84. The highest BCUT2D eigenvalue weighted by Crippen LogP contribution is 2.33. The molecule has 2 amide bonds. The lowest BCUT2D eigenvalue weighted by Gasteiger charge is -2.34. The quantitative estimate of drug-likeness (QED) is 0.127. The molecule has 0 bridgehead atoms. The smallest absolute Gasteiger partial charge is 0.264 e. The van der Waals surface area contributed by atoms with Gasteiger partial charge >= 0.3 is 0 Å². The summed E-state index contributed by atoms with van der Waals surface area (Å²) in [5, 5.41) is 3.01. The molecule has 0 radical (unpaired) electrons. The topological polar surface area (TPSA) is 105 Å². The first-order chi connectivity index (χ1) is 23.6. The van der Waals surface area contributed by atoms with E-state index in [4.69, 9.17) is 9.47 Å². The number of rotatable bonds is 17. The lowest BCUT2D eigenvalue weighted by Crippen LogP contribution is -2.53. The second-order valence-corrected chi connectivity index (χ2v) is 14.5. The van der Waals surface area contributed by atoms with Crippen LogP contribution in [-0.4, -0.2) is 64.2 Å². The number of benzene rings is 4. The third-order valence-electron chi connectivity index (χ3n) is 7.80. The number of para-hydroxylation sites is 2. The number of nitrogens with one attached hydrogen (secondary N) is 1. The van der Waals surface area contributed by atoms with Crippen LogP contribution in [0.2, 0.25) is 0 Å². The maximum Gasteiger partial charge on any atom is 0.264 e. The number of hydrogen-bond donors (Lipinski definition) is 1. The summed E-state index contributed by atoms with van der Waals surface area (Å²) < 4.78 is 41.3. The number of carbonyl (C=O) groups excluding carboxylic acids is 2. The van der Waals surface area contributed by atoms with Crippen LogP contribution < -0.4 is 19.1 Å². The number of hydrogen-bond acceptors (Lipinski definition) is 7. The summed E-state index contributed by atoms with van der Waals surface area (Å²) in [4.78, 5) is 31.2. The van der Waals surface area contributed by atoms with Crippen molar-refractivity contribution < 1.29 is 27.5 Å². The van der Waals surface area contributed by atoms with Crippen molar-refractivity contribution in [1.82, 2.24) is 10.2 Å². The van der Waals surface area contributed by atoms with E-state index in [1.54, 1.807) is 55.6 Å². The molecule has 0 spiro atoms. The average Bonchev–Trinajstić information content (AvgIpc) is 3.11. The zero-order chi connectivity index (χ0) is 35.4. The second kappa shape index (κ2) is 17.8. The van der Waals surface area contributed by atoms with Gasteiger partial charge in [0, 0.05) is 24.4 Å². The van der Waals surface area contributed by atoms with Crippen molar-refractivity contribution in [2.45, 2.75) is 49.6 Å². The largest absolute Gasteiger partial charge is 0.497 e. The van der Waals surface area contributed by atoms with Crippen molar-refractivity contribution in [2.75, 3.05) is 37.4 Å². The van der Waals surface area contributed by atoms with Crippen LogP contribution in [0, 0.1) is 5.92 Å². The van der Waals surface area contributed by atoms with Crippen LogP contribution >= 0.6 is 11.8 Å². The minimum Gasteiger partial charge on any atom is -0.497 e. The molecule has 0 aliphatic rings. The van der Waals surface area contributed by atoms with Crippen molar-refractivity contribution in [3.63, 3.8) is 0 Å². The van der Waals surface area contributed by atoms with Gasteiger partial charge in [-0.3, -0.25) is 13.9 Å². The maximum absolute atomic E-state index is 14.8. The molecule has 1 N–H and O–H groups in total.